The number of ether oxygens (including phenoxy) is 2. The van der Waals surface area contributed by atoms with E-state index in [-0.39, 0.29) is 17.5 Å². The third kappa shape index (κ3) is 3.60. The SMILES string of the molecule is CC1CC(CC(=O)OC(C)(C)C)(c2ccccc2)CO1. The van der Waals surface area contributed by atoms with E-state index >= 15 is 0 Å². The Labute approximate surface area is 121 Å². The van der Waals surface area contributed by atoms with Crippen LogP contribution in [0.5, 0.6) is 0 Å². The molecule has 1 aliphatic rings. The molecule has 0 N–H and O–H groups in total. The van der Waals surface area contributed by atoms with Gasteiger partial charge < -0.3 is 9.47 Å². The molecule has 20 heavy (non-hydrogen) atoms. The van der Waals surface area contributed by atoms with Gasteiger partial charge in [-0.3, -0.25) is 4.79 Å². The molecule has 0 aromatic heterocycles. The van der Waals surface area contributed by atoms with E-state index in [1.807, 2.05) is 39.0 Å². The van der Waals surface area contributed by atoms with Crippen LogP contribution in [0.2, 0.25) is 0 Å². The third-order valence-corrected chi connectivity index (χ3v) is 3.61. The van der Waals surface area contributed by atoms with Gasteiger partial charge in [-0.25, -0.2) is 0 Å². The molecule has 0 saturated carbocycles. The molecule has 1 aliphatic heterocycles. The summed E-state index contributed by atoms with van der Waals surface area (Å²) in [6.45, 7) is 8.33. The summed E-state index contributed by atoms with van der Waals surface area (Å²) in [5.74, 6) is -0.154. The van der Waals surface area contributed by atoms with E-state index in [9.17, 15) is 4.79 Å². The largest absolute Gasteiger partial charge is 0.460 e. The van der Waals surface area contributed by atoms with Crippen molar-refractivity contribution in [1.29, 1.82) is 0 Å². The lowest BCUT2D eigenvalue weighted by Gasteiger charge is -2.29. The van der Waals surface area contributed by atoms with Crippen LogP contribution in [-0.4, -0.2) is 24.3 Å². The fraction of sp³-hybridized carbons (Fsp3) is 0.588. The molecule has 1 aromatic carbocycles. The van der Waals surface area contributed by atoms with Gasteiger partial charge in [0.2, 0.25) is 0 Å². The molecule has 0 spiro atoms. The van der Waals surface area contributed by atoms with Crippen molar-refractivity contribution in [2.24, 2.45) is 0 Å². The van der Waals surface area contributed by atoms with E-state index in [0.29, 0.717) is 13.0 Å². The first-order valence-corrected chi connectivity index (χ1v) is 7.20. The van der Waals surface area contributed by atoms with Crippen molar-refractivity contribution in [3.05, 3.63) is 35.9 Å². The van der Waals surface area contributed by atoms with Gasteiger partial charge in [-0.1, -0.05) is 30.3 Å². The van der Waals surface area contributed by atoms with Crippen LogP contribution < -0.4 is 0 Å². The Morgan fingerprint density at radius 2 is 2.00 bits per heavy atom. The van der Waals surface area contributed by atoms with E-state index in [1.54, 1.807) is 0 Å². The standard InChI is InChI=1S/C17H24O3/c1-13-10-17(12-19-13,14-8-6-5-7-9-14)11-15(18)20-16(2,3)4/h5-9,13H,10-12H2,1-4H3. The van der Waals surface area contributed by atoms with Gasteiger partial charge in [0, 0.05) is 5.41 Å². The Morgan fingerprint density at radius 3 is 2.50 bits per heavy atom. The highest BCUT2D eigenvalue weighted by Gasteiger charge is 2.42. The third-order valence-electron chi connectivity index (χ3n) is 3.61. The summed E-state index contributed by atoms with van der Waals surface area (Å²) in [5.41, 5.74) is 0.471. The van der Waals surface area contributed by atoms with Crippen LogP contribution >= 0.6 is 0 Å². The minimum absolute atomic E-state index is 0.154. The van der Waals surface area contributed by atoms with Crippen LogP contribution in [0.15, 0.2) is 30.3 Å². The summed E-state index contributed by atoms with van der Waals surface area (Å²) in [7, 11) is 0. The highest BCUT2D eigenvalue weighted by Crippen LogP contribution is 2.39. The van der Waals surface area contributed by atoms with Crippen LogP contribution in [0.4, 0.5) is 0 Å². The first-order chi connectivity index (χ1) is 9.31. The second-order valence-corrected chi connectivity index (χ2v) is 6.74. The number of carbonyl (C=O) groups excluding carboxylic acids is 1. The molecule has 2 unspecified atom stereocenters. The maximum absolute atomic E-state index is 12.2. The molecule has 1 saturated heterocycles. The predicted molar refractivity (Wildman–Crippen MR) is 78.6 cm³/mol. The summed E-state index contributed by atoms with van der Waals surface area (Å²) >= 11 is 0. The number of rotatable bonds is 3. The summed E-state index contributed by atoms with van der Waals surface area (Å²) in [6, 6.07) is 10.2. The van der Waals surface area contributed by atoms with Gasteiger partial charge in [0.05, 0.1) is 19.1 Å². The van der Waals surface area contributed by atoms with Crippen molar-refractivity contribution in [1.82, 2.24) is 0 Å². The summed E-state index contributed by atoms with van der Waals surface area (Å²) in [5, 5.41) is 0. The number of hydrogen-bond donors (Lipinski definition) is 0. The Balaban J connectivity index is 2.19. The van der Waals surface area contributed by atoms with Crippen molar-refractivity contribution >= 4 is 5.97 Å². The summed E-state index contributed by atoms with van der Waals surface area (Å²) in [4.78, 5) is 12.2. The van der Waals surface area contributed by atoms with Gasteiger partial charge in [0.15, 0.2) is 0 Å². The minimum Gasteiger partial charge on any atom is -0.460 e. The number of esters is 1. The number of hydrogen-bond acceptors (Lipinski definition) is 3. The van der Waals surface area contributed by atoms with Gasteiger partial charge >= 0.3 is 5.97 Å². The van der Waals surface area contributed by atoms with Crippen molar-refractivity contribution < 1.29 is 14.3 Å². The van der Waals surface area contributed by atoms with E-state index in [4.69, 9.17) is 9.47 Å². The van der Waals surface area contributed by atoms with E-state index < -0.39 is 5.60 Å². The summed E-state index contributed by atoms with van der Waals surface area (Å²) in [6.07, 6.45) is 1.41. The Bertz CT molecular complexity index is 461. The average Bonchev–Trinajstić information content (AvgIpc) is 2.70. The molecule has 0 amide bonds. The maximum Gasteiger partial charge on any atom is 0.307 e. The van der Waals surface area contributed by atoms with Crippen molar-refractivity contribution in [2.75, 3.05) is 6.61 Å². The molecule has 1 fully saturated rings. The quantitative estimate of drug-likeness (QED) is 0.793. The zero-order valence-corrected chi connectivity index (χ0v) is 12.8. The normalized spacial score (nSPS) is 26.5. The lowest BCUT2D eigenvalue weighted by atomic mass is 9.76. The highest BCUT2D eigenvalue weighted by molar-refractivity contribution is 5.72. The molecule has 0 aliphatic carbocycles. The lowest BCUT2D eigenvalue weighted by molar-refractivity contribution is -0.156. The summed E-state index contributed by atoms with van der Waals surface area (Å²) < 4.78 is 11.2. The van der Waals surface area contributed by atoms with Crippen LogP contribution in [-0.2, 0) is 19.7 Å². The molecule has 2 atom stereocenters. The molecule has 3 nitrogen and oxygen atoms in total. The zero-order chi connectivity index (χ0) is 14.8. The van der Waals surface area contributed by atoms with E-state index in [1.165, 1.54) is 0 Å². The maximum atomic E-state index is 12.2. The molecule has 1 heterocycles. The van der Waals surface area contributed by atoms with Gasteiger partial charge in [0.1, 0.15) is 5.60 Å². The Kier molecular flexibility index (Phi) is 4.19. The van der Waals surface area contributed by atoms with Gasteiger partial charge in [0.25, 0.3) is 0 Å². The van der Waals surface area contributed by atoms with Gasteiger partial charge in [-0.05, 0) is 39.7 Å². The fourth-order valence-electron chi connectivity index (χ4n) is 2.84. The highest BCUT2D eigenvalue weighted by atomic mass is 16.6. The molecule has 0 bridgehead atoms. The molecule has 3 heteroatoms. The van der Waals surface area contributed by atoms with Crippen molar-refractivity contribution in [2.45, 2.75) is 57.7 Å². The molecule has 110 valence electrons. The average molecular weight is 276 g/mol. The first kappa shape index (κ1) is 15.0. The molecule has 2 rings (SSSR count). The lowest BCUT2D eigenvalue weighted by Crippen LogP contribution is -2.34. The molecular weight excluding hydrogens is 252 g/mol. The second-order valence-electron chi connectivity index (χ2n) is 6.74. The van der Waals surface area contributed by atoms with Crippen molar-refractivity contribution in [3.63, 3.8) is 0 Å². The van der Waals surface area contributed by atoms with Crippen LogP contribution in [0.25, 0.3) is 0 Å². The predicted octanol–water partition coefficient (Wildman–Crippen LogP) is 3.47. The molecular formula is C17H24O3. The van der Waals surface area contributed by atoms with Crippen LogP contribution in [0, 0.1) is 0 Å². The Morgan fingerprint density at radius 1 is 1.35 bits per heavy atom. The zero-order valence-electron chi connectivity index (χ0n) is 12.8. The Hall–Kier alpha value is -1.35. The topological polar surface area (TPSA) is 35.5 Å². The van der Waals surface area contributed by atoms with Gasteiger partial charge in [-0.2, -0.15) is 0 Å². The van der Waals surface area contributed by atoms with Crippen LogP contribution in [0.3, 0.4) is 0 Å². The first-order valence-electron chi connectivity index (χ1n) is 7.20. The monoisotopic (exact) mass is 276 g/mol. The van der Waals surface area contributed by atoms with Gasteiger partial charge in [-0.15, -0.1) is 0 Å². The van der Waals surface area contributed by atoms with E-state index in [0.717, 1.165) is 12.0 Å². The number of carbonyl (C=O) groups is 1. The van der Waals surface area contributed by atoms with E-state index in [2.05, 4.69) is 19.1 Å². The smallest absolute Gasteiger partial charge is 0.307 e. The molecule has 1 aromatic rings. The van der Waals surface area contributed by atoms with Crippen molar-refractivity contribution in [3.8, 4) is 0 Å². The fourth-order valence-corrected chi connectivity index (χ4v) is 2.84. The molecule has 0 radical (unpaired) electrons. The number of benzene rings is 1. The van der Waals surface area contributed by atoms with Crippen LogP contribution in [0.1, 0.15) is 46.1 Å². The minimum atomic E-state index is -0.444. The second kappa shape index (κ2) is 5.57.